The van der Waals surface area contributed by atoms with Crippen molar-refractivity contribution < 1.29 is 13.6 Å². The van der Waals surface area contributed by atoms with Crippen LogP contribution in [0.1, 0.15) is 6.42 Å². The molecule has 1 unspecified atom stereocenters. The Balaban J connectivity index is 0.00000200. The first-order chi connectivity index (χ1) is 9.15. The van der Waals surface area contributed by atoms with Gasteiger partial charge in [0.1, 0.15) is 0 Å². The average Bonchev–Trinajstić information content (AvgIpc) is 2.40. The van der Waals surface area contributed by atoms with Gasteiger partial charge in [-0.3, -0.25) is 9.69 Å². The molecule has 2 aliphatic heterocycles. The van der Waals surface area contributed by atoms with Crippen LogP contribution < -0.4 is 5.32 Å². The second kappa shape index (κ2) is 10.8. The highest BCUT2D eigenvalue weighted by Gasteiger charge is 2.25. The van der Waals surface area contributed by atoms with Crippen LogP contribution in [0, 0.1) is 0 Å². The van der Waals surface area contributed by atoms with E-state index in [1.807, 2.05) is 16.7 Å². The molecular formula is C12H23Cl2F2N3OS. The maximum absolute atomic E-state index is 12.3. The minimum atomic E-state index is -2.29. The monoisotopic (exact) mass is 365 g/mol. The molecular weight excluding hydrogens is 343 g/mol. The molecule has 4 nitrogen and oxygen atoms in total. The van der Waals surface area contributed by atoms with Gasteiger partial charge in [0, 0.05) is 56.7 Å². The van der Waals surface area contributed by atoms with Crippen molar-refractivity contribution in [3.63, 3.8) is 0 Å². The van der Waals surface area contributed by atoms with E-state index in [-0.39, 0.29) is 43.3 Å². The smallest absolute Gasteiger partial charge is 0.251 e. The molecule has 21 heavy (non-hydrogen) atoms. The fourth-order valence-electron chi connectivity index (χ4n) is 2.47. The summed E-state index contributed by atoms with van der Waals surface area (Å²) in [6.45, 7) is 3.05. The number of amides is 1. The summed E-state index contributed by atoms with van der Waals surface area (Å²) in [4.78, 5) is 15.6. The molecule has 0 aromatic heterocycles. The molecule has 126 valence electrons. The third-order valence-corrected chi connectivity index (χ3v) is 4.67. The molecule has 1 amide bonds. The van der Waals surface area contributed by atoms with Crippen LogP contribution >= 0.6 is 36.6 Å². The van der Waals surface area contributed by atoms with E-state index >= 15 is 0 Å². The largest absolute Gasteiger partial charge is 0.340 e. The highest BCUT2D eigenvalue weighted by molar-refractivity contribution is 7.99. The molecule has 0 spiro atoms. The Hall–Kier alpha value is 0.180. The SMILES string of the molecule is Cl.Cl.O=C(CC1CSCCN1)N1CCN(CC(F)F)CC1. The van der Waals surface area contributed by atoms with Crippen LogP contribution in [0.25, 0.3) is 0 Å². The normalized spacial score (nSPS) is 23.4. The lowest BCUT2D eigenvalue weighted by Crippen LogP contribution is -2.51. The van der Waals surface area contributed by atoms with Gasteiger partial charge in [0.25, 0.3) is 6.43 Å². The third-order valence-electron chi connectivity index (χ3n) is 3.54. The Labute approximate surface area is 141 Å². The van der Waals surface area contributed by atoms with E-state index in [9.17, 15) is 13.6 Å². The predicted octanol–water partition coefficient (Wildman–Crippen LogP) is 1.33. The van der Waals surface area contributed by atoms with Gasteiger partial charge in [0.15, 0.2) is 0 Å². The minimum absolute atomic E-state index is 0. The lowest BCUT2D eigenvalue weighted by molar-refractivity contribution is -0.133. The van der Waals surface area contributed by atoms with Crippen LogP contribution in [0.5, 0.6) is 0 Å². The standard InChI is InChI=1S/C12H21F2N3OS.2ClH/c13-11(14)8-16-2-4-17(5-3-16)12(18)7-10-9-19-6-1-15-10;;/h10-11,15H,1-9H2;2*1H. The van der Waals surface area contributed by atoms with E-state index in [0.29, 0.717) is 32.6 Å². The van der Waals surface area contributed by atoms with Crippen LogP contribution in [0.15, 0.2) is 0 Å². The number of hydrogen-bond donors (Lipinski definition) is 1. The zero-order valence-corrected chi connectivity index (χ0v) is 14.3. The van der Waals surface area contributed by atoms with Crippen molar-refractivity contribution in [2.24, 2.45) is 0 Å². The van der Waals surface area contributed by atoms with Gasteiger partial charge < -0.3 is 10.2 Å². The summed E-state index contributed by atoms with van der Waals surface area (Å²) in [7, 11) is 0. The zero-order chi connectivity index (χ0) is 13.7. The van der Waals surface area contributed by atoms with Crippen molar-refractivity contribution in [1.29, 1.82) is 0 Å². The Morgan fingerprint density at radius 3 is 2.43 bits per heavy atom. The van der Waals surface area contributed by atoms with Crippen molar-refractivity contribution in [2.45, 2.75) is 18.9 Å². The Bertz CT molecular complexity index is 302. The summed E-state index contributed by atoms with van der Waals surface area (Å²) in [5.41, 5.74) is 0. The van der Waals surface area contributed by atoms with Gasteiger partial charge in [-0.15, -0.1) is 24.8 Å². The highest BCUT2D eigenvalue weighted by Crippen LogP contribution is 2.13. The number of rotatable bonds is 4. The van der Waals surface area contributed by atoms with Gasteiger partial charge >= 0.3 is 0 Å². The lowest BCUT2D eigenvalue weighted by Gasteiger charge is -2.35. The topological polar surface area (TPSA) is 35.6 Å². The number of alkyl halides is 2. The maximum atomic E-state index is 12.3. The van der Waals surface area contributed by atoms with E-state index < -0.39 is 6.43 Å². The second-order valence-corrected chi connectivity index (χ2v) is 6.15. The summed E-state index contributed by atoms with van der Waals surface area (Å²) >= 11 is 1.87. The molecule has 2 heterocycles. The quantitative estimate of drug-likeness (QED) is 0.815. The van der Waals surface area contributed by atoms with Gasteiger partial charge in [0.2, 0.25) is 5.91 Å². The molecule has 0 bridgehead atoms. The molecule has 9 heteroatoms. The number of nitrogens with one attached hydrogen (secondary N) is 1. The molecule has 0 aliphatic carbocycles. The van der Waals surface area contributed by atoms with E-state index in [2.05, 4.69) is 5.32 Å². The van der Waals surface area contributed by atoms with Gasteiger partial charge in [-0.2, -0.15) is 11.8 Å². The number of halogens is 4. The minimum Gasteiger partial charge on any atom is -0.340 e. The van der Waals surface area contributed by atoms with Crippen molar-refractivity contribution in [3.8, 4) is 0 Å². The number of piperazine rings is 1. The summed E-state index contributed by atoms with van der Waals surface area (Å²) < 4.78 is 24.5. The summed E-state index contributed by atoms with van der Waals surface area (Å²) in [6, 6.07) is 0.269. The molecule has 1 atom stereocenters. The van der Waals surface area contributed by atoms with E-state index in [1.54, 1.807) is 4.90 Å². The van der Waals surface area contributed by atoms with Gasteiger partial charge in [-0.1, -0.05) is 0 Å². The molecule has 2 rings (SSSR count). The van der Waals surface area contributed by atoms with Crippen molar-refractivity contribution in [3.05, 3.63) is 0 Å². The third kappa shape index (κ3) is 7.32. The molecule has 2 saturated heterocycles. The van der Waals surface area contributed by atoms with E-state index in [1.165, 1.54) is 0 Å². The highest BCUT2D eigenvalue weighted by atomic mass is 35.5. The van der Waals surface area contributed by atoms with Crippen LogP contribution in [0.3, 0.4) is 0 Å². The van der Waals surface area contributed by atoms with E-state index in [0.717, 1.165) is 18.1 Å². The average molecular weight is 366 g/mol. The first-order valence-corrected chi connectivity index (χ1v) is 7.90. The fourth-order valence-corrected chi connectivity index (χ4v) is 3.41. The number of hydrogen-bond acceptors (Lipinski definition) is 4. The van der Waals surface area contributed by atoms with Crippen molar-refractivity contribution in [2.75, 3.05) is 50.8 Å². The number of carbonyl (C=O) groups is 1. The van der Waals surface area contributed by atoms with Crippen LogP contribution in [-0.2, 0) is 4.79 Å². The number of nitrogens with zero attached hydrogens (tertiary/aromatic N) is 2. The van der Waals surface area contributed by atoms with Crippen LogP contribution in [0.4, 0.5) is 8.78 Å². The van der Waals surface area contributed by atoms with Crippen LogP contribution in [0.2, 0.25) is 0 Å². The summed E-state index contributed by atoms with van der Waals surface area (Å²) in [5, 5.41) is 3.35. The van der Waals surface area contributed by atoms with Gasteiger partial charge in [0.05, 0.1) is 6.54 Å². The fraction of sp³-hybridized carbons (Fsp3) is 0.917. The molecule has 0 aromatic carbocycles. The van der Waals surface area contributed by atoms with E-state index in [4.69, 9.17) is 0 Å². The first kappa shape index (κ1) is 21.2. The lowest BCUT2D eigenvalue weighted by atomic mass is 10.2. The second-order valence-electron chi connectivity index (χ2n) is 5.00. The van der Waals surface area contributed by atoms with Gasteiger partial charge in [-0.05, 0) is 0 Å². The molecule has 0 saturated carbocycles. The molecule has 2 aliphatic rings. The summed E-state index contributed by atoms with van der Waals surface area (Å²) in [6.07, 6.45) is -1.76. The first-order valence-electron chi connectivity index (χ1n) is 6.74. The Morgan fingerprint density at radius 1 is 1.24 bits per heavy atom. The molecule has 2 fully saturated rings. The number of thioether (sulfide) groups is 1. The summed E-state index contributed by atoms with van der Waals surface area (Å²) in [5.74, 6) is 2.24. The predicted molar refractivity (Wildman–Crippen MR) is 87.3 cm³/mol. The van der Waals surface area contributed by atoms with Gasteiger partial charge in [-0.25, -0.2) is 8.78 Å². The molecule has 0 radical (unpaired) electrons. The van der Waals surface area contributed by atoms with Crippen molar-refractivity contribution in [1.82, 2.24) is 15.1 Å². The Kier molecular flexibility index (Phi) is 10.9. The maximum Gasteiger partial charge on any atom is 0.251 e. The Morgan fingerprint density at radius 2 is 1.90 bits per heavy atom. The number of carbonyl (C=O) groups excluding carboxylic acids is 1. The molecule has 0 aromatic rings. The van der Waals surface area contributed by atoms with Crippen LogP contribution in [-0.4, -0.2) is 78.9 Å². The zero-order valence-electron chi connectivity index (χ0n) is 11.8. The molecule has 1 N–H and O–H groups in total. The van der Waals surface area contributed by atoms with Crippen molar-refractivity contribution >= 4 is 42.5 Å².